The van der Waals surface area contributed by atoms with E-state index in [9.17, 15) is 9.18 Å². The van der Waals surface area contributed by atoms with Crippen molar-refractivity contribution in [3.63, 3.8) is 0 Å². The summed E-state index contributed by atoms with van der Waals surface area (Å²) in [6.07, 6.45) is 4.08. The highest BCUT2D eigenvalue weighted by molar-refractivity contribution is 6.30. The molecule has 1 heterocycles. The van der Waals surface area contributed by atoms with Crippen LogP contribution in [-0.4, -0.2) is 27.4 Å². The predicted octanol–water partition coefficient (Wildman–Crippen LogP) is 2.55. The van der Waals surface area contributed by atoms with E-state index in [4.69, 9.17) is 11.6 Å². The number of nitrogens with one attached hydrogen (secondary N) is 1. The van der Waals surface area contributed by atoms with Crippen LogP contribution in [-0.2, 0) is 16.8 Å². The first-order valence-corrected chi connectivity index (χ1v) is 7.37. The fraction of sp³-hybridized carbons (Fsp3) is 0.400. The summed E-state index contributed by atoms with van der Waals surface area (Å²) in [5.41, 5.74) is -0.646. The smallest absolute Gasteiger partial charge is 0.230 e. The SMILES string of the molecule is CC(C)(C(=O)NCCCn1ccnn1)c1ccc(Cl)cc1F. The number of carbonyl (C=O) groups excluding carboxylic acids is 1. The van der Waals surface area contributed by atoms with Gasteiger partial charge in [0, 0.05) is 29.9 Å². The van der Waals surface area contributed by atoms with Gasteiger partial charge in [0.1, 0.15) is 5.82 Å². The monoisotopic (exact) mass is 324 g/mol. The molecular weight excluding hydrogens is 307 g/mol. The van der Waals surface area contributed by atoms with E-state index < -0.39 is 11.2 Å². The molecule has 2 rings (SSSR count). The van der Waals surface area contributed by atoms with Crippen LogP contribution in [0.1, 0.15) is 25.8 Å². The van der Waals surface area contributed by atoms with Gasteiger partial charge in [-0.15, -0.1) is 5.10 Å². The summed E-state index contributed by atoms with van der Waals surface area (Å²) in [6.45, 7) is 4.52. The van der Waals surface area contributed by atoms with E-state index in [1.165, 1.54) is 6.07 Å². The molecule has 0 unspecified atom stereocenters. The van der Waals surface area contributed by atoms with Gasteiger partial charge < -0.3 is 5.32 Å². The molecule has 0 saturated carbocycles. The molecule has 0 aliphatic heterocycles. The van der Waals surface area contributed by atoms with Crippen molar-refractivity contribution in [1.29, 1.82) is 0 Å². The van der Waals surface area contributed by atoms with E-state index in [-0.39, 0.29) is 5.91 Å². The fourth-order valence-electron chi connectivity index (χ4n) is 2.13. The summed E-state index contributed by atoms with van der Waals surface area (Å²) in [4.78, 5) is 12.3. The second-order valence-corrected chi connectivity index (χ2v) is 5.96. The van der Waals surface area contributed by atoms with Crippen LogP contribution >= 0.6 is 11.6 Å². The van der Waals surface area contributed by atoms with Crippen LogP contribution in [0.2, 0.25) is 5.02 Å². The van der Waals surface area contributed by atoms with Crippen LogP contribution in [0.3, 0.4) is 0 Å². The van der Waals surface area contributed by atoms with E-state index in [0.717, 1.165) is 0 Å². The Bertz CT molecular complexity index is 643. The number of aromatic nitrogens is 3. The maximum Gasteiger partial charge on any atom is 0.230 e. The summed E-state index contributed by atoms with van der Waals surface area (Å²) >= 11 is 5.74. The van der Waals surface area contributed by atoms with Crippen LogP contribution in [0.25, 0.3) is 0 Å². The third-order valence-corrected chi connectivity index (χ3v) is 3.73. The average Bonchev–Trinajstić information content (AvgIpc) is 2.96. The van der Waals surface area contributed by atoms with Crippen molar-refractivity contribution in [2.75, 3.05) is 6.54 Å². The number of hydrogen-bond donors (Lipinski definition) is 1. The number of amides is 1. The number of nitrogens with zero attached hydrogens (tertiary/aromatic N) is 3. The molecule has 7 heteroatoms. The molecule has 0 radical (unpaired) electrons. The quantitative estimate of drug-likeness (QED) is 0.831. The van der Waals surface area contributed by atoms with Gasteiger partial charge in [-0.1, -0.05) is 22.9 Å². The summed E-state index contributed by atoms with van der Waals surface area (Å²) in [7, 11) is 0. The maximum atomic E-state index is 14.0. The molecule has 0 atom stereocenters. The molecule has 1 aromatic carbocycles. The highest BCUT2D eigenvalue weighted by Crippen LogP contribution is 2.27. The molecule has 118 valence electrons. The van der Waals surface area contributed by atoms with Crippen LogP contribution in [0.15, 0.2) is 30.6 Å². The lowest BCUT2D eigenvalue weighted by Gasteiger charge is -2.24. The molecular formula is C15H18ClFN4O. The number of aryl methyl sites for hydroxylation is 1. The van der Waals surface area contributed by atoms with Crippen molar-refractivity contribution in [2.24, 2.45) is 0 Å². The van der Waals surface area contributed by atoms with E-state index in [1.807, 2.05) is 0 Å². The highest BCUT2D eigenvalue weighted by atomic mass is 35.5. The number of benzene rings is 1. The minimum atomic E-state index is -0.970. The molecule has 0 aliphatic carbocycles. The standard InChI is InChI=1S/C15H18ClFN4O/c1-15(2,12-5-4-11(16)10-13(12)17)14(22)18-6-3-8-21-9-7-19-20-21/h4-5,7,9-10H,3,6,8H2,1-2H3,(H,18,22). The molecule has 0 saturated heterocycles. The Kier molecular flexibility index (Phi) is 5.13. The summed E-state index contributed by atoms with van der Waals surface area (Å²) in [6, 6.07) is 4.35. The van der Waals surface area contributed by atoms with Gasteiger partial charge in [-0.25, -0.2) is 4.39 Å². The van der Waals surface area contributed by atoms with Gasteiger partial charge in [0.05, 0.1) is 11.6 Å². The molecule has 2 aromatic rings. The Morgan fingerprint density at radius 3 is 2.86 bits per heavy atom. The molecule has 0 bridgehead atoms. The van der Waals surface area contributed by atoms with Gasteiger partial charge in [-0.2, -0.15) is 0 Å². The Hall–Kier alpha value is -1.95. The summed E-state index contributed by atoms with van der Waals surface area (Å²) in [5, 5.41) is 10.7. The van der Waals surface area contributed by atoms with Crippen molar-refractivity contribution >= 4 is 17.5 Å². The van der Waals surface area contributed by atoms with E-state index in [0.29, 0.717) is 30.1 Å². The zero-order chi connectivity index (χ0) is 16.2. The minimum Gasteiger partial charge on any atom is -0.355 e. The molecule has 1 N–H and O–H groups in total. The topological polar surface area (TPSA) is 59.8 Å². The van der Waals surface area contributed by atoms with E-state index >= 15 is 0 Å². The van der Waals surface area contributed by atoms with Crippen molar-refractivity contribution in [3.05, 3.63) is 47.0 Å². The first-order valence-electron chi connectivity index (χ1n) is 6.99. The lowest BCUT2D eigenvalue weighted by molar-refractivity contribution is -0.125. The van der Waals surface area contributed by atoms with Gasteiger partial charge in [0.25, 0.3) is 0 Å². The molecule has 1 aromatic heterocycles. The van der Waals surface area contributed by atoms with Crippen LogP contribution in [0, 0.1) is 5.82 Å². The van der Waals surface area contributed by atoms with Gasteiger partial charge in [0.2, 0.25) is 5.91 Å². The summed E-state index contributed by atoms with van der Waals surface area (Å²) < 4.78 is 15.7. The van der Waals surface area contributed by atoms with Gasteiger partial charge in [-0.05, 0) is 32.4 Å². The van der Waals surface area contributed by atoms with Gasteiger partial charge in [-0.3, -0.25) is 9.48 Å². The number of carbonyl (C=O) groups is 1. The van der Waals surface area contributed by atoms with E-state index in [1.54, 1.807) is 43.1 Å². The van der Waals surface area contributed by atoms with Crippen LogP contribution < -0.4 is 5.32 Å². The second kappa shape index (κ2) is 6.87. The zero-order valence-corrected chi connectivity index (χ0v) is 13.3. The molecule has 5 nitrogen and oxygen atoms in total. The number of halogens is 2. The summed E-state index contributed by atoms with van der Waals surface area (Å²) in [5.74, 6) is -0.706. The third-order valence-electron chi connectivity index (χ3n) is 3.49. The third kappa shape index (κ3) is 3.82. The Morgan fingerprint density at radius 2 is 2.23 bits per heavy atom. The minimum absolute atomic E-state index is 0.229. The van der Waals surface area contributed by atoms with Crippen molar-refractivity contribution in [1.82, 2.24) is 20.3 Å². The lowest BCUT2D eigenvalue weighted by atomic mass is 9.83. The first kappa shape index (κ1) is 16.4. The maximum absolute atomic E-state index is 14.0. The zero-order valence-electron chi connectivity index (χ0n) is 12.5. The molecule has 22 heavy (non-hydrogen) atoms. The normalized spacial score (nSPS) is 11.5. The van der Waals surface area contributed by atoms with Crippen molar-refractivity contribution in [3.8, 4) is 0 Å². The molecule has 0 aliphatic rings. The average molecular weight is 325 g/mol. The number of hydrogen-bond acceptors (Lipinski definition) is 3. The second-order valence-electron chi connectivity index (χ2n) is 5.52. The number of rotatable bonds is 6. The highest BCUT2D eigenvalue weighted by Gasteiger charge is 2.32. The predicted molar refractivity (Wildman–Crippen MR) is 82.1 cm³/mol. The molecule has 0 fully saturated rings. The van der Waals surface area contributed by atoms with Crippen LogP contribution in [0.5, 0.6) is 0 Å². The Labute approximate surface area is 133 Å². The van der Waals surface area contributed by atoms with E-state index in [2.05, 4.69) is 15.6 Å². The Balaban J connectivity index is 1.92. The largest absolute Gasteiger partial charge is 0.355 e. The fourth-order valence-corrected chi connectivity index (χ4v) is 2.29. The van der Waals surface area contributed by atoms with Crippen molar-refractivity contribution < 1.29 is 9.18 Å². The van der Waals surface area contributed by atoms with Crippen LogP contribution in [0.4, 0.5) is 4.39 Å². The Morgan fingerprint density at radius 1 is 1.45 bits per heavy atom. The molecule has 0 spiro atoms. The lowest BCUT2D eigenvalue weighted by Crippen LogP contribution is -2.41. The van der Waals surface area contributed by atoms with Crippen molar-refractivity contribution in [2.45, 2.75) is 32.2 Å². The molecule has 1 amide bonds. The van der Waals surface area contributed by atoms with Gasteiger partial charge in [0.15, 0.2) is 0 Å². The van der Waals surface area contributed by atoms with Gasteiger partial charge >= 0.3 is 0 Å². The first-order chi connectivity index (χ1) is 10.4.